The molecule has 1 atom stereocenters. The molecule has 0 saturated heterocycles. The van der Waals surface area contributed by atoms with Gasteiger partial charge in [-0.2, -0.15) is 11.8 Å². The van der Waals surface area contributed by atoms with E-state index < -0.39 is 5.97 Å². The van der Waals surface area contributed by atoms with Crippen LogP contribution in [0.1, 0.15) is 36.2 Å². The van der Waals surface area contributed by atoms with Crippen molar-refractivity contribution in [2.24, 2.45) is 0 Å². The fourth-order valence-corrected chi connectivity index (χ4v) is 2.80. The predicted octanol–water partition coefficient (Wildman–Crippen LogP) is 2.92. The molecule has 0 radical (unpaired) electrons. The number of hydrogen-bond acceptors (Lipinski definition) is 3. The fraction of sp³-hybridized carbons (Fsp3) is 0.500. The molecule has 1 N–H and O–H groups in total. The molecule has 1 amide bonds. The zero-order valence-corrected chi connectivity index (χ0v) is 13.7. The van der Waals surface area contributed by atoms with Crippen molar-refractivity contribution in [3.05, 3.63) is 35.4 Å². The lowest BCUT2D eigenvalue weighted by atomic mass is 10.0. The number of hydrogen-bond donors (Lipinski definition) is 1. The van der Waals surface area contributed by atoms with Gasteiger partial charge in [0.25, 0.3) is 0 Å². The van der Waals surface area contributed by atoms with Gasteiger partial charge in [-0.1, -0.05) is 25.1 Å². The largest absolute Gasteiger partial charge is 0.478 e. The summed E-state index contributed by atoms with van der Waals surface area (Å²) in [6.45, 7) is 4.14. The van der Waals surface area contributed by atoms with E-state index in [1.807, 2.05) is 18.7 Å². The Morgan fingerprint density at radius 2 is 2.00 bits per heavy atom. The maximum absolute atomic E-state index is 12.3. The standard InChI is InChI=1S/C16H23NO3S/c1-4-21-10-9-12(2)17(3)15(18)11-13-7-5-6-8-14(13)16(19)20/h5-8,12H,4,9-11H2,1-3H3,(H,19,20). The van der Waals surface area contributed by atoms with E-state index in [1.165, 1.54) is 6.07 Å². The Bertz CT molecular complexity index is 490. The van der Waals surface area contributed by atoms with Crippen LogP contribution < -0.4 is 0 Å². The van der Waals surface area contributed by atoms with Crippen LogP contribution in [0, 0.1) is 0 Å². The van der Waals surface area contributed by atoms with Crippen molar-refractivity contribution in [1.82, 2.24) is 4.90 Å². The highest BCUT2D eigenvalue weighted by molar-refractivity contribution is 7.99. The van der Waals surface area contributed by atoms with E-state index in [1.54, 1.807) is 30.1 Å². The normalized spacial score (nSPS) is 12.0. The summed E-state index contributed by atoms with van der Waals surface area (Å²) in [5.41, 5.74) is 0.769. The maximum atomic E-state index is 12.3. The van der Waals surface area contributed by atoms with Crippen molar-refractivity contribution < 1.29 is 14.7 Å². The van der Waals surface area contributed by atoms with E-state index >= 15 is 0 Å². The molecule has 116 valence electrons. The molecule has 0 bridgehead atoms. The quantitative estimate of drug-likeness (QED) is 0.750. The van der Waals surface area contributed by atoms with E-state index in [2.05, 4.69) is 6.92 Å². The highest BCUT2D eigenvalue weighted by Crippen LogP contribution is 2.13. The number of carbonyl (C=O) groups is 2. The Morgan fingerprint density at radius 3 is 2.62 bits per heavy atom. The number of carboxylic acid groups (broad SMARTS) is 1. The summed E-state index contributed by atoms with van der Waals surface area (Å²) in [5, 5.41) is 9.14. The Balaban J connectivity index is 2.66. The third-order valence-corrected chi connectivity index (χ3v) is 4.46. The minimum Gasteiger partial charge on any atom is -0.478 e. The summed E-state index contributed by atoms with van der Waals surface area (Å²) in [7, 11) is 1.78. The minimum absolute atomic E-state index is 0.0438. The van der Waals surface area contributed by atoms with Crippen LogP contribution in [0.5, 0.6) is 0 Å². The highest BCUT2D eigenvalue weighted by Gasteiger charge is 2.18. The second kappa shape index (κ2) is 8.72. The number of amides is 1. The third kappa shape index (κ3) is 5.42. The molecule has 1 unspecified atom stereocenters. The first-order valence-corrected chi connectivity index (χ1v) is 8.27. The topological polar surface area (TPSA) is 57.6 Å². The molecular weight excluding hydrogens is 286 g/mol. The summed E-state index contributed by atoms with van der Waals surface area (Å²) in [4.78, 5) is 25.2. The molecule has 0 aliphatic heterocycles. The highest BCUT2D eigenvalue weighted by atomic mass is 32.2. The first-order chi connectivity index (χ1) is 9.97. The van der Waals surface area contributed by atoms with Crippen LogP contribution in [-0.4, -0.2) is 46.5 Å². The summed E-state index contributed by atoms with van der Waals surface area (Å²) >= 11 is 1.86. The van der Waals surface area contributed by atoms with Crippen LogP contribution in [0.3, 0.4) is 0 Å². The van der Waals surface area contributed by atoms with Crippen LogP contribution in [0.25, 0.3) is 0 Å². The van der Waals surface area contributed by atoms with Gasteiger partial charge >= 0.3 is 5.97 Å². The second-order valence-electron chi connectivity index (χ2n) is 4.98. The maximum Gasteiger partial charge on any atom is 0.335 e. The van der Waals surface area contributed by atoms with E-state index in [-0.39, 0.29) is 23.9 Å². The number of benzene rings is 1. The monoisotopic (exact) mass is 309 g/mol. The molecule has 4 nitrogen and oxygen atoms in total. The molecular formula is C16H23NO3S. The van der Waals surface area contributed by atoms with Crippen molar-refractivity contribution in [3.8, 4) is 0 Å². The average molecular weight is 309 g/mol. The molecule has 1 rings (SSSR count). The molecule has 0 fully saturated rings. The minimum atomic E-state index is -0.992. The van der Waals surface area contributed by atoms with E-state index in [4.69, 9.17) is 5.11 Å². The molecule has 0 saturated carbocycles. The molecule has 1 aromatic carbocycles. The Kier molecular flexibility index (Phi) is 7.29. The first kappa shape index (κ1) is 17.6. The van der Waals surface area contributed by atoms with Gasteiger partial charge in [-0.25, -0.2) is 4.79 Å². The zero-order chi connectivity index (χ0) is 15.8. The number of nitrogens with zero attached hydrogens (tertiary/aromatic N) is 1. The Morgan fingerprint density at radius 1 is 1.33 bits per heavy atom. The number of thioether (sulfide) groups is 1. The van der Waals surface area contributed by atoms with Crippen LogP contribution in [-0.2, 0) is 11.2 Å². The molecule has 0 aliphatic rings. The van der Waals surface area contributed by atoms with Crippen molar-refractivity contribution >= 4 is 23.6 Å². The number of aromatic carboxylic acids is 1. The first-order valence-electron chi connectivity index (χ1n) is 7.12. The van der Waals surface area contributed by atoms with Crippen molar-refractivity contribution in [3.63, 3.8) is 0 Å². The average Bonchev–Trinajstić information content (AvgIpc) is 2.46. The third-order valence-electron chi connectivity index (χ3n) is 3.53. The van der Waals surface area contributed by atoms with Gasteiger partial charge in [0.15, 0.2) is 0 Å². The zero-order valence-electron chi connectivity index (χ0n) is 12.8. The van der Waals surface area contributed by atoms with Crippen LogP contribution in [0.15, 0.2) is 24.3 Å². The molecule has 0 aliphatic carbocycles. The van der Waals surface area contributed by atoms with E-state index in [9.17, 15) is 9.59 Å². The molecule has 0 heterocycles. The van der Waals surface area contributed by atoms with Gasteiger partial charge in [0.1, 0.15) is 0 Å². The number of carbonyl (C=O) groups excluding carboxylic acids is 1. The van der Waals surface area contributed by atoms with Crippen molar-refractivity contribution in [1.29, 1.82) is 0 Å². The van der Waals surface area contributed by atoms with Gasteiger partial charge in [-0.05, 0) is 36.5 Å². The van der Waals surface area contributed by atoms with E-state index in [0.29, 0.717) is 5.56 Å². The van der Waals surface area contributed by atoms with Gasteiger partial charge in [0, 0.05) is 13.1 Å². The van der Waals surface area contributed by atoms with Crippen LogP contribution >= 0.6 is 11.8 Å². The van der Waals surface area contributed by atoms with Gasteiger partial charge in [0.2, 0.25) is 5.91 Å². The lowest BCUT2D eigenvalue weighted by Crippen LogP contribution is -2.36. The van der Waals surface area contributed by atoms with Crippen LogP contribution in [0.2, 0.25) is 0 Å². The van der Waals surface area contributed by atoms with Gasteiger partial charge < -0.3 is 10.0 Å². The van der Waals surface area contributed by atoms with Gasteiger partial charge in [-0.15, -0.1) is 0 Å². The van der Waals surface area contributed by atoms with Crippen molar-refractivity contribution in [2.45, 2.75) is 32.7 Å². The molecule has 21 heavy (non-hydrogen) atoms. The molecule has 1 aromatic rings. The fourth-order valence-electron chi connectivity index (χ4n) is 2.01. The molecule has 5 heteroatoms. The molecule has 0 aromatic heterocycles. The van der Waals surface area contributed by atoms with Gasteiger partial charge in [-0.3, -0.25) is 4.79 Å². The summed E-state index contributed by atoms with van der Waals surface area (Å²) in [6.07, 6.45) is 1.07. The van der Waals surface area contributed by atoms with Crippen molar-refractivity contribution in [2.75, 3.05) is 18.6 Å². The SMILES string of the molecule is CCSCCC(C)N(C)C(=O)Cc1ccccc1C(=O)O. The Labute approximate surface area is 130 Å². The lowest BCUT2D eigenvalue weighted by molar-refractivity contribution is -0.130. The number of rotatable bonds is 8. The van der Waals surface area contributed by atoms with Crippen LogP contribution in [0.4, 0.5) is 0 Å². The number of likely N-dealkylation sites (N-methyl/N-ethyl adjacent to an activating group) is 1. The van der Waals surface area contributed by atoms with Gasteiger partial charge in [0.05, 0.1) is 12.0 Å². The van der Waals surface area contributed by atoms with E-state index in [0.717, 1.165) is 17.9 Å². The number of carboxylic acids is 1. The molecule has 0 spiro atoms. The Hall–Kier alpha value is -1.49. The summed E-state index contributed by atoms with van der Waals surface area (Å²) in [5.74, 6) is 1.07. The predicted molar refractivity (Wildman–Crippen MR) is 87.0 cm³/mol. The smallest absolute Gasteiger partial charge is 0.335 e. The second-order valence-corrected chi connectivity index (χ2v) is 6.37. The summed E-state index contributed by atoms with van der Waals surface area (Å²) in [6, 6.07) is 6.83. The lowest BCUT2D eigenvalue weighted by Gasteiger charge is -2.25. The summed E-state index contributed by atoms with van der Waals surface area (Å²) < 4.78 is 0.